The minimum Gasteiger partial charge on any atom is -0.380 e. The third-order valence-corrected chi connectivity index (χ3v) is 5.78. The van der Waals surface area contributed by atoms with Crippen LogP contribution in [-0.4, -0.2) is 36.8 Å². The van der Waals surface area contributed by atoms with Crippen molar-refractivity contribution in [3.05, 3.63) is 69.3 Å². The summed E-state index contributed by atoms with van der Waals surface area (Å²) in [5.41, 5.74) is 3.41. The predicted octanol–water partition coefficient (Wildman–Crippen LogP) is 4.53. The van der Waals surface area contributed by atoms with Crippen LogP contribution in [0.15, 0.2) is 54.6 Å². The summed E-state index contributed by atoms with van der Waals surface area (Å²) in [4.78, 5) is 29.6. The first-order chi connectivity index (χ1) is 13.9. The van der Waals surface area contributed by atoms with Gasteiger partial charge in [-0.3, -0.25) is 4.79 Å². The summed E-state index contributed by atoms with van der Waals surface area (Å²) in [6, 6.07) is 16.7. The maximum atomic E-state index is 12.6. The zero-order valence-electron chi connectivity index (χ0n) is 16.5. The third kappa shape index (κ3) is 7.16. The van der Waals surface area contributed by atoms with Crippen LogP contribution in [0.5, 0.6) is 0 Å². The molecule has 0 aromatic heterocycles. The van der Waals surface area contributed by atoms with Gasteiger partial charge in [-0.2, -0.15) is 5.48 Å². The maximum Gasteiger partial charge on any atom is 0.356 e. The van der Waals surface area contributed by atoms with Crippen molar-refractivity contribution in [2.75, 3.05) is 25.1 Å². The van der Waals surface area contributed by atoms with E-state index >= 15 is 0 Å². The second-order valence-corrected chi connectivity index (χ2v) is 8.93. The molecule has 0 aliphatic carbocycles. The zero-order valence-corrected chi connectivity index (χ0v) is 20.2. The van der Waals surface area contributed by atoms with Crippen molar-refractivity contribution < 1.29 is 19.2 Å². The Balaban J connectivity index is 1.83. The standard InChI is InChI=1S/C22H25BrINO4/c1-16(13-25-29-21(27)17-7-4-3-5-8-17)14-28-15-22(2,20(26)12-23)18-9-6-10-19(24)11-18/h3-11,16,25H,12-15H2,1-2H3. The molecule has 0 aliphatic heterocycles. The fraction of sp³-hybridized carbons (Fsp3) is 0.364. The molecule has 156 valence electrons. The van der Waals surface area contributed by atoms with Crippen LogP contribution >= 0.6 is 38.5 Å². The largest absolute Gasteiger partial charge is 0.380 e. The van der Waals surface area contributed by atoms with Gasteiger partial charge in [0.15, 0.2) is 5.78 Å². The molecule has 0 saturated heterocycles. The highest BCUT2D eigenvalue weighted by atomic mass is 127. The molecule has 0 spiro atoms. The van der Waals surface area contributed by atoms with Gasteiger partial charge < -0.3 is 9.57 Å². The van der Waals surface area contributed by atoms with Gasteiger partial charge in [0.2, 0.25) is 0 Å². The minimum atomic E-state index is -0.725. The first-order valence-electron chi connectivity index (χ1n) is 9.29. The smallest absolute Gasteiger partial charge is 0.356 e. The van der Waals surface area contributed by atoms with Crippen molar-refractivity contribution in [1.82, 2.24) is 5.48 Å². The van der Waals surface area contributed by atoms with Gasteiger partial charge in [-0.1, -0.05) is 53.2 Å². The molecule has 0 saturated carbocycles. The molecule has 7 heteroatoms. The van der Waals surface area contributed by atoms with E-state index < -0.39 is 11.4 Å². The van der Waals surface area contributed by atoms with Crippen LogP contribution in [0.4, 0.5) is 0 Å². The van der Waals surface area contributed by atoms with E-state index in [-0.39, 0.29) is 23.6 Å². The number of nitrogens with one attached hydrogen (secondary N) is 1. The first-order valence-corrected chi connectivity index (χ1v) is 11.5. The van der Waals surface area contributed by atoms with Crippen LogP contribution in [0.3, 0.4) is 0 Å². The second kappa shape index (κ2) is 11.8. The maximum absolute atomic E-state index is 12.6. The minimum absolute atomic E-state index is 0.0714. The number of hydrogen-bond acceptors (Lipinski definition) is 5. The first kappa shape index (κ1) is 24.0. The summed E-state index contributed by atoms with van der Waals surface area (Å²) in [7, 11) is 0. The summed E-state index contributed by atoms with van der Waals surface area (Å²) in [6.07, 6.45) is 0. The molecule has 2 rings (SSSR count). The summed E-state index contributed by atoms with van der Waals surface area (Å²) in [5.74, 6) is -0.257. The van der Waals surface area contributed by atoms with Crippen LogP contribution in [0.2, 0.25) is 0 Å². The van der Waals surface area contributed by atoms with Gasteiger partial charge in [-0.05, 0) is 65.3 Å². The van der Waals surface area contributed by atoms with E-state index in [1.165, 1.54) is 0 Å². The highest BCUT2D eigenvalue weighted by Crippen LogP contribution is 2.28. The van der Waals surface area contributed by atoms with Crippen LogP contribution in [0.1, 0.15) is 29.8 Å². The Bertz CT molecular complexity index is 817. The van der Waals surface area contributed by atoms with Gasteiger partial charge in [-0.25, -0.2) is 4.79 Å². The molecule has 2 unspecified atom stereocenters. The number of halogens is 2. The van der Waals surface area contributed by atoms with Crippen molar-refractivity contribution in [2.24, 2.45) is 5.92 Å². The molecule has 0 radical (unpaired) electrons. The molecule has 0 fully saturated rings. The predicted molar refractivity (Wildman–Crippen MR) is 125 cm³/mol. The number of rotatable bonds is 11. The SMILES string of the molecule is CC(CNOC(=O)c1ccccc1)COCC(C)(C(=O)CBr)c1cccc(I)c1. The van der Waals surface area contributed by atoms with E-state index in [1.807, 2.05) is 44.2 Å². The molecule has 2 aromatic carbocycles. The van der Waals surface area contributed by atoms with Crippen LogP contribution in [0, 0.1) is 9.49 Å². The molecule has 1 N–H and O–H groups in total. The van der Waals surface area contributed by atoms with Gasteiger partial charge in [0.05, 0.1) is 29.5 Å². The lowest BCUT2D eigenvalue weighted by atomic mass is 9.80. The van der Waals surface area contributed by atoms with Crippen LogP contribution in [0.25, 0.3) is 0 Å². The molecule has 2 atom stereocenters. The van der Waals surface area contributed by atoms with Crippen molar-refractivity contribution >= 4 is 50.3 Å². The Morgan fingerprint density at radius 1 is 1.17 bits per heavy atom. The van der Waals surface area contributed by atoms with Crippen LogP contribution in [-0.2, 0) is 19.8 Å². The molecule has 0 heterocycles. The average molecular weight is 574 g/mol. The number of carbonyl (C=O) groups is 2. The van der Waals surface area contributed by atoms with Crippen molar-refractivity contribution in [3.63, 3.8) is 0 Å². The molecule has 0 aliphatic rings. The molecular formula is C22H25BrINO4. The van der Waals surface area contributed by atoms with Crippen LogP contribution < -0.4 is 5.48 Å². The fourth-order valence-electron chi connectivity index (χ4n) is 2.71. The van der Waals surface area contributed by atoms with E-state index in [4.69, 9.17) is 9.57 Å². The average Bonchev–Trinajstić information content (AvgIpc) is 2.73. The normalized spacial score (nSPS) is 14.1. The Morgan fingerprint density at radius 3 is 2.55 bits per heavy atom. The molecular weight excluding hydrogens is 549 g/mol. The number of alkyl halides is 1. The van der Waals surface area contributed by atoms with E-state index in [0.29, 0.717) is 18.7 Å². The molecule has 0 bridgehead atoms. The second-order valence-electron chi connectivity index (χ2n) is 7.12. The number of hydroxylamine groups is 1. The lowest BCUT2D eigenvalue weighted by Crippen LogP contribution is -2.39. The van der Waals surface area contributed by atoms with Crippen molar-refractivity contribution in [1.29, 1.82) is 0 Å². The molecule has 29 heavy (non-hydrogen) atoms. The van der Waals surface area contributed by atoms with Crippen molar-refractivity contribution in [2.45, 2.75) is 19.3 Å². The zero-order chi connectivity index (χ0) is 21.3. The highest BCUT2D eigenvalue weighted by molar-refractivity contribution is 14.1. The van der Waals surface area contributed by atoms with Gasteiger partial charge >= 0.3 is 5.97 Å². The van der Waals surface area contributed by atoms with Gasteiger partial charge in [0.1, 0.15) is 0 Å². The molecule has 5 nitrogen and oxygen atoms in total. The van der Waals surface area contributed by atoms with Crippen molar-refractivity contribution in [3.8, 4) is 0 Å². The number of ether oxygens (including phenoxy) is 1. The highest BCUT2D eigenvalue weighted by Gasteiger charge is 2.34. The number of carbonyl (C=O) groups excluding carboxylic acids is 2. The Labute approximate surface area is 193 Å². The number of hydrogen-bond donors (Lipinski definition) is 1. The number of ketones is 1. The summed E-state index contributed by atoms with van der Waals surface area (Å²) >= 11 is 5.53. The topological polar surface area (TPSA) is 64.6 Å². The lowest BCUT2D eigenvalue weighted by molar-refractivity contribution is -0.123. The monoisotopic (exact) mass is 573 g/mol. The Hall–Kier alpha value is -1.29. The van der Waals surface area contributed by atoms with Gasteiger partial charge in [0, 0.05) is 10.1 Å². The van der Waals surface area contributed by atoms with E-state index in [9.17, 15) is 9.59 Å². The van der Waals surface area contributed by atoms with E-state index in [1.54, 1.807) is 24.3 Å². The fourth-order valence-corrected chi connectivity index (χ4v) is 3.87. The summed E-state index contributed by atoms with van der Waals surface area (Å²) in [5, 5.41) is 0.269. The lowest BCUT2D eigenvalue weighted by Gasteiger charge is -2.28. The third-order valence-electron chi connectivity index (χ3n) is 4.60. The number of benzene rings is 2. The molecule has 2 aromatic rings. The van der Waals surface area contributed by atoms with E-state index in [0.717, 1.165) is 9.13 Å². The van der Waals surface area contributed by atoms with Gasteiger partial charge in [0.25, 0.3) is 0 Å². The van der Waals surface area contributed by atoms with E-state index in [2.05, 4.69) is 44.0 Å². The summed E-state index contributed by atoms with van der Waals surface area (Å²) < 4.78 is 6.97. The Morgan fingerprint density at radius 2 is 1.90 bits per heavy atom. The quantitative estimate of drug-likeness (QED) is 0.243. The Kier molecular flexibility index (Phi) is 9.74. The molecule has 0 amide bonds. The van der Waals surface area contributed by atoms with Gasteiger partial charge in [-0.15, -0.1) is 0 Å². The summed E-state index contributed by atoms with van der Waals surface area (Å²) in [6.45, 7) is 5.06. The number of Topliss-reactive ketones (excluding diaryl/α,β-unsaturated/α-hetero) is 1.